The number of unbranched alkanes of at least 4 members (excludes halogenated alkanes) is 15. The number of hydrogen-bond donors (Lipinski definition) is 3. The molecule has 0 amide bonds. The van der Waals surface area contributed by atoms with E-state index < -0.39 is 18.3 Å². The Morgan fingerprint density at radius 2 is 1.04 bits per heavy atom. The molecule has 0 bridgehead atoms. The van der Waals surface area contributed by atoms with Crippen molar-refractivity contribution in [3.63, 3.8) is 0 Å². The summed E-state index contributed by atoms with van der Waals surface area (Å²) in [5.74, 6) is 16.4. The highest BCUT2D eigenvalue weighted by atomic mass is 16.3. The zero-order valence-corrected chi connectivity index (χ0v) is 30.6. The van der Waals surface area contributed by atoms with Gasteiger partial charge in [0.1, 0.15) is 12.2 Å². The minimum absolute atomic E-state index is 0.283. The first-order valence-electron chi connectivity index (χ1n) is 19.0. The summed E-state index contributed by atoms with van der Waals surface area (Å²) in [4.78, 5) is 0. The van der Waals surface area contributed by atoms with Gasteiger partial charge in [0, 0.05) is 6.42 Å². The summed E-state index contributed by atoms with van der Waals surface area (Å²) in [6.45, 7) is 2.26. The molecule has 0 aromatic heterocycles. The van der Waals surface area contributed by atoms with E-state index in [1.807, 2.05) is 18.2 Å². The fourth-order valence-corrected chi connectivity index (χ4v) is 4.99. The standard InChI is InChI=1S/C46H66O3/c1-4-7-8-9-10-11-18-21-26-31-36-43(41-42-45(48)6-3)37-32-27-24-25-30-35-40-46(49)39-34-29-23-20-17-15-13-12-14-16-19-22-28-33-38-44(47)5-2/h2-3,16-17,19-20,25,30,32-33,37-38,41-49H,4,7-15,18,21-24,26-29,31,36H2,1H3/b19-16-,20-17-,30-25+,37-32-,38-33+,42-41+/t43?,44-,45+,46-/m1/s1. The molecular formula is C46H66O3. The SMILES string of the molecule is C#C[C@@H](O)/C=C/CC/C=C\CCCC/C=C\CCC#C[C@@H](O)C#C/C=C/CC/C=C\C(/C=C/[C@@H](O)C#C)CCCCCCCCCCCC. The van der Waals surface area contributed by atoms with Crippen molar-refractivity contribution in [3.05, 3.63) is 72.9 Å². The zero-order valence-electron chi connectivity index (χ0n) is 30.6. The second-order valence-corrected chi connectivity index (χ2v) is 12.4. The van der Waals surface area contributed by atoms with Crippen LogP contribution in [0, 0.1) is 54.3 Å². The highest BCUT2D eigenvalue weighted by Gasteiger charge is 2.02. The van der Waals surface area contributed by atoms with Crippen LogP contribution in [0.4, 0.5) is 0 Å². The van der Waals surface area contributed by atoms with Crippen molar-refractivity contribution in [2.45, 2.75) is 160 Å². The van der Waals surface area contributed by atoms with Crippen LogP contribution in [-0.2, 0) is 0 Å². The van der Waals surface area contributed by atoms with Gasteiger partial charge in [-0.25, -0.2) is 0 Å². The Labute approximate surface area is 301 Å². The van der Waals surface area contributed by atoms with Crippen molar-refractivity contribution in [1.82, 2.24) is 0 Å². The molecule has 0 rings (SSSR count). The topological polar surface area (TPSA) is 60.7 Å². The van der Waals surface area contributed by atoms with Gasteiger partial charge >= 0.3 is 0 Å². The van der Waals surface area contributed by atoms with Gasteiger partial charge in [-0.3, -0.25) is 0 Å². The first-order valence-corrected chi connectivity index (χ1v) is 19.0. The molecule has 0 aliphatic heterocycles. The van der Waals surface area contributed by atoms with Gasteiger partial charge in [0.2, 0.25) is 0 Å². The second-order valence-electron chi connectivity index (χ2n) is 12.4. The Kier molecular flexibility index (Phi) is 34.8. The molecule has 0 radical (unpaired) electrons. The summed E-state index contributed by atoms with van der Waals surface area (Å²) in [5, 5.41) is 29.0. The molecule has 3 nitrogen and oxygen atoms in total. The van der Waals surface area contributed by atoms with Gasteiger partial charge in [-0.2, -0.15) is 0 Å². The second kappa shape index (κ2) is 37.4. The lowest BCUT2D eigenvalue weighted by atomic mass is 9.98. The number of aliphatic hydroxyl groups is 3. The first-order chi connectivity index (χ1) is 24.0. The Morgan fingerprint density at radius 1 is 0.510 bits per heavy atom. The normalized spacial score (nSPS) is 14.2. The molecule has 0 spiro atoms. The fraction of sp³-hybridized carbons (Fsp3) is 0.565. The number of aliphatic hydroxyl groups excluding tert-OH is 3. The third-order valence-corrected chi connectivity index (χ3v) is 7.90. The van der Waals surface area contributed by atoms with Gasteiger partial charge in [0.15, 0.2) is 6.10 Å². The van der Waals surface area contributed by atoms with Crippen molar-refractivity contribution in [1.29, 1.82) is 0 Å². The van der Waals surface area contributed by atoms with Crippen LogP contribution in [0.2, 0.25) is 0 Å². The van der Waals surface area contributed by atoms with Crippen molar-refractivity contribution in [3.8, 4) is 48.4 Å². The van der Waals surface area contributed by atoms with Gasteiger partial charge in [-0.05, 0) is 88.4 Å². The number of rotatable bonds is 28. The van der Waals surface area contributed by atoms with Gasteiger partial charge in [0.25, 0.3) is 0 Å². The van der Waals surface area contributed by atoms with Crippen LogP contribution >= 0.6 is 0 Å². The molecule has 268 valence electrons. The Bertz CT molecular complexity index is 1160. The number of hydrogen-bond acceptors (Lipinski definition) is 3. The minimum Gasteiger partial charge on any atom is -0.377 e. The highest BCUT2D eigenvalue weighted by Crippen LogP contribution is 2.17. The van der Waals surface area contributed by atoms with E-state index in [-0.39, 0.29) is 5.92 Å². The average Bonchev–Trinajstić information content (AvgIpc) is 3.11. The quantitative estimate of drug-likeness (QED) is 0.0442. The van der Waals surface area contributed by atoms with E-state index >= 15 is 0 Å². The molecule has 1 unspecified atom stereocenters. The van der Waals surface area contributed by atoms with Gasteiger partial charge in [-0.1, -0.05) is 161 Å². The molecule has 0 saturated heterocycles. The number of allylic oxidation sites excluding steroid dienone is 10. The summed E-state index contributed by atoms with van der Waals surface area (Å²) in [6, 6.07) is 0. The van der Waals surface area contributed by atoms with Crippen LogP contribution in [0.25, 0.3) is 0 Å². The fourth-order valence-electron chi connectivity index (χ4n) is 4.99. The van der Waals surface area contributed by atoms with Crippen LogP contribution < -0.4 is 0 Å². The summed E-state index contributed by atoms with van der Waals surface area (Å²) >= 11 is 0. The molecule has 49 heavy (non-hydrogen) atoms. The molecule has 0 heterocycles. The minimum atomic E-state index is -0.927. The largest absolute Gasteiger partial charge is 0.377 e. The molecule has 0 fully saturated rings. The summed E-state index contributed by atoms with van der Waals surface area (Å²) in [5.41, 5.74) is 0. The molecule has 3 N–H and O–H groups in total. The van der Waals surface area contributed by atoms with Gasteiger partial charge < -0.3 is 15.3 Å². The molecule has 0 aliphatic rings. The molecular weight excluding hydrogens is 601 g/mol. The lowest BCUT2D eigenvalue weighted by molar-refractivity contribution is 0.280. The monoisotopic (exact) mass is 667 g/mol. The molecule has 0 aliphatic carbocycles. The van der Waals surface area contributed by atoms with E-state index in [2.05, 4.69) is 78.9 Å². The molecule has 0 aromatic rings. The van der Waals surface area contributed by atoms with Crippen LogP contribution in [0.5, 0.6) is 0 Å². The van der Waals surface area contributed by atoms with Crippen LogP contribution in [0.15, 0.2) is 72.9 Å². The van der Waals surface area contributed by atoms with E-state index in [4.69, 9.17) is 12.8 Å². The van der Waals surface area contributed by atoms with Crippen molar-refractivity contribution >= 4 is 0 Å². The highest BCUT2D eigenvalue weighted by molar-refractivity contribution is 5.25. The maximum absolute atomic E-state index is 9.99. The van der Waals surface area contributed by atoms with Gasteiger partial charge in [0.05, 0.1) is 0 Å². The van der Waals surface area contributed by atoms with Crippen molar-refractivity contribution in [2.75, 3.05) is 0 Å². The van der Waals surface area contributed by atoms with Gasteiger partial charge in [-0.15, -0.1) is 12.8 Å². The van der Waals surface area contributed by atoms with Crippen LogP contribution in [0.3, 0.4) is 0 Å². The van der Waals surface area contributed by atoms with Crippen LogP contribution in [-0.4, -0.2) is 33.6 Å². The lowest BCUT2D eigenvalue weighted by Gasteiger charge is -2.09. The summed E-state index contributed by atoms with van der Waals surface area (Å²) in [6.07, 6.45) is 56.2. The average molecular weight is 667 g/mol. The molecule has 0 saturated carbocycles. The summed E-state index contributed by atoms with van der Waals surface area (Å²) < 4.78 is 0. The third-order valence-electron chi connectivity index (χ3n) is 7.90. The predicted octanol–water partition coefficient (Wildman–Crippen LogP) is 10.5. The van der Waals surface area contributed by atoms with Crippen molar-refractivity contribution in [2.24, 2.45) is 5.92 Å². The molecule has 4 atom stereocenters. The Hall–Kier alpha value is -3.44. The van der Waals surface area contributed by atoms with E-state index in [0.29, 0.717) is 6.42 Å². The number of terminal acetylenes is 2. The molecule has 3 heteroatoms. The van der Waals surface area contributed by atoms with E-state index in [1.54, 1.807) is 18.2 Å². The van der Waals surface area contributed by atoms with Crippen LogP contribution in [0.1, 0.15) is 142 Å². The molecule has 0 aromatic carbocycles. The van der Waals surface area contributed by atoms with E-state index in [0.717, 1.165) is 57.8 Å². The third kappa shape index (κ3) is 35.7. The predicted molar refractivity (Wildman–Crippen MR) is 212 cm³/mol. The zero-order chi connectivity index (χ0) is 35.9. The van der Waals surface area contributed by atoms with E-state index in [1.165, 1.54) is 70.6 Å². The summed E-state index contributed by atoms with van der Waals surface area (Å²) in [7, 11) is 0. The maximum Gasteiger partial charge on any atom is 0.176 e. The van der Waals surface area contributed by atoms with Crippen molar-refractivity contribution < 1.29 is 15.3 Å². The lowest BCUT2D eigenvalue weighted by Crippen LogP contribution is -1.99. The van der Waals surface area contributed by atoms with E-state index in [9.17, 15) is 15.3 Å². The maximum atomic E-state index is 9.99. The first kappa shape index (κ1) is 45.6. The smallest absolute Gasteiger partial charge is 0.176 e. The Balaban J connectivity index is 4.11. The Morgan fingerprint density at radius 3 is 1.69 bits per heavy atom.